The fourth-order valence-electron chi connectivity index (χ4n) is 2.67. The molecular weight excluding hydrogens is 268 g/mol. The van der Waals surface area contributed by atoms with Gasteiger partial charge in [-0.2, -0.15) is 0 Å². The van der Waals surface area contributed by atoms with Crippen molar-refractivity contribution in [1.82, 2.24) is 15.3 Å². The van der Waals surface area contributed by atoms with Crippen LogP contribution in [-0.2, 0) is 13.0 Å². The average Bonchev–Trinajstić information content (AvgIpc) is 2.97. The zero-order valence-corrected chi connectivity index (χ0v) is 11.7. The van der Waals surface area contributed by atoms with Crippen molar-refractivity contribution in [3.63, 3.8) is 0 Å². The number of benzene rings is 1. The third kappa shape index (κ3) is 1.95. The Hall–Kier alpha value is -1.98. The van der Waals surface area contributed by atoms with E-state index in [-0.39, 0.29) is 0 Å². The van der Waals surface area contributed by atoms with Crippen molar-refractivity contribution < 1.29 is 0 Å². The van der Waals surface area contributed by atoms with Gasteiger partial charge in [-0.3, -0.25) is 0 Å². The number of thiophene rings is 1. The highest BCUT2D eigenvalue weighted by Crippen LogP contribution is 2.29. The molecule has 0 saturated heterocycles. The van der Waals surface area contributed by atoms with E-state index in [9.17, 15) is 0 Å². The van der Waals surface area contributed by atoms with Gasteiger partial charge in [-0.05, 0) is 41.6 Å². The molecule has 3 aromatic rings. The van der Waals surface area contributed by atoms with Crippen molar-refractivity contribution in [2.24, 2.45) is 0 Å². The van der Waals surface area contributed by atoms with Gasteiger partial charge in [-0.1, -0.05) is 12.1 Å². The van der Waals surface area contributed by atoms with Crippen molar-refractivity contribution in [3.8, 4) is 0 Å². The Morgan fingerprint density at radius 3 is 3.20 bits per heavy atom. The van der Waals surface area contributed by atoms with Gasteiger partial charge in [0.15, 0.2) is 0 Å². The fourth-order valence-corrected chi connectivity index (χ4v) is 3.40. The van der Waals surface area contributed by atoms with E-state index in [1.807, 2.05) is 0 Å². The van der Waals surface area contributed by atoms with Crippen molar-refractivity contribution in [2.75, 3.05) is 11.9 Å². The van der Waals surface area contributed by atoms with Crippen LogP contribution in [0.25, 0.3) is 10.2 Å². The van der Waals surface area contributed by atoms with Crippen LogP contribution < -0.4 is 10.6 Å². The van der Waals surface area contributed by atoms with Gasteiger partial charge in [0.1, 0.15) is 17.0 Å². The lowest BCUT2D eigenvalue weighted by molar-refractivity contribution is 0.645. The van der Waals surface area contributed by atoms with Crippen LogP contribution in [0.4, 0.5) is 11.5 Å². The summed E-state index contributed by atoms with van der Waals surface area (Å²) in [6.45, 7) is 1.98. The molecule has 2 N–H and O–H groups in total. The highest BCUT2D eigenvalue weighted by Gasteiger charge is 2.13. The van der Waals surface area contributed by atoms with Gasteiger partial charge in [-0.25, -0.2) is 9.97 Å². The minimum atomic E-state index is 0.892. The van der Waals surface area contributed by atoms with E-state index in [0.717, 1.165) is 41.2 Å². The van der Waals surface area contributed by atoms with E-state index in [1.165, 1.54) is 11.1 Å². The summed E-state index contributed by atoms with van der Waals surface area (Å²) in [6, 6.07) is 8.48. The highest BCUT2D eigenvalue weighted by atomic mass is 32.1. The molecular formula is C15H14N4S. The number of nitrogens with zero attached hydrogens (tertiary/aromatic N) is 2. The number of anilines is 2. The molecule has 100 valence electrons. The van der Waals surface area contributed by atoms with Gasteiger partial charge in [0.2, 0.25) is 0 Å². The van der Waals surface area contributed by atoms with Crippen LogP contribution in [0.1, 0.15) is 11.1 Å². The predicted molar refractivity (Wildman–Crippen MR) is 82.6 cm³/mol. The molecule has 3 heterocycles. The van der Waals surface area contributed by atoms with Crippen molar-refractivity contribution in [2.45, 2.75) is 13.0 Å². The summed E-state index contributed by atoms with van der Waals surface area (Å²) in [7, 11) is 0. The van der Waals surface area contributed by atoms with E-state index in [2.05, 4.69) is 50.2 Å². The van der Waals surface area contributed by atoms with Crippen LogP contribution in [0.15, 0.2) is 36.0 Å². The van der Waals surface area contributed by atoms with Gasteiger partial charge in [0.05, 0.1) is 5.39 Å². The lowest BCUT2D eigenvalue weighted by Gasteiger charge is -2.20. The molecule has 1 aliphatic rings. The molecule has 0 amide bonds. The van der Waals surface area contributed by atoms with Crippen LogP contribution >= 0.6 is 11.3 Å². The minimum absolute atomic E-state index is 0.892. The summed E-state index contributed by atoms with van der Waals surface area (Å²) in [5.41, 5.74) is 3.93. The van der Waals surface area contributed by atoms with Gasteiger partial charge >= 0.3 is 0 Å². The van der Waals surface area contributed by atoms with Crippen LogP contribution in [0.2, 0.25) is 0 Å². The average molecular weight is 282 g/mol. The number of hydrogen-bond donors (Lipinski definition) is 2. The standard InChI is InChI=1S/C15H14N4S/c1-2-10-8-16-6-4-11(10)13(3-1)19-14-12-5-7-20-15(12)18-9-17-14/h1-3,5,7,9,16H,4,6,8H2,(H,17,18,19). The maximum atomic E-state index is 4.39. The minimum Gasteiger partial charge on any atom is -0.339 e. The molecule has 0 radical (unpaired) electrons. The molecule has 0 unspecified atom stereocenters. The van der Waals surface area contributed by atoms with Gasteiger partial charge in [0, 0.05) is 12.2 Å². The molecule has 0 atom stereocenters. The zero-order valence-electron chi connectivity index (χ0n) is 10.9. The Labute approximate surface area is 120 Å². The van der Waals surface area contributed by atoms with Crippen molar-refractivity contribution in [3.05, 3.63) is 47.1 Å². The van der Waals surface area contributed by atoms with Crippen LogP contribution in [0.3, 0.4) is 0 Å². The molecule has 4 rings (SSSR count). The number of rotatable bonds is 2. The molecule has 0 saturated carbocycles. The lowest BCUT2D eigenvalue weighted by Crippen LogP contribution is -2.24. The summed E-state index contributed by atoms with van der Waals surface area (Å²) >= 11 is 1.64. The first-order valence-corrected chi connectivity index (χ1v) is 7.56. The fraction of sp³-hybridized carbons (Fsp3) is 0.200. The summed E-state index contributed by atoms with van der Waals surface area (Å²) < 4.78 is 0. The molecule has 20 heavy (non-hydrogen) atoms. The first-order chi connectivity index (χ1) is 9.92. The first kappa shape index (κ1) is 11.8. The monoisotopic (exact) mass is 282 g/mol. The summed E-state index contributed by atoms with van der Waals surface area (Å²) in [6.07, 6.45) is 2.68. The maximum Gasteiger partial charge on any atom is 0.142 e. The van der Waals surface area contributed by atoms with E-state index >= 15 is 0 Å². The molecule has 0 bridgehead atoms. The number of aromatic nitrogens is 2. The van der Waals surface area contributed by atoms with Crippen LogP contribution in [-0.4, -0.2) is 16.5 Å². The molecule has 0 spiro atoms. The Bertz CT molecular complexity index is 765. The van der Waals surface area contributed by atoms with Gasteiger partial charge in [0.25, 0.3) is 0 Å². The molecule has 5 heteroatoms. The van der Waals surface area contributed by atoms with Crippen molar-refractivity contribution >= 4 is 33.1 Å². The van der Waals surface area contributed by atoms with E-state index < -0.39 is 0 Å². The maximum absolute atomic E-state index is 4.39. The van der Waals surface area contributed by atoms with Crippen molar-refractivity contribution in [1.29, 1.82) is 0 Å². The largest absolute Gasteiger partial charge is 0.339 e. The zero-order chi connectivity index (χ0) is 13.4. The summed E-state index contributed by atoms with van der Waals surface area (Å²) in [5, 5.41) is 10.0. The van der Waals surface area contributed by atoms with E-state index in [1.54, 1.807) is 17.7 Å². The highest BCUT2D eigenvalue weighted by molar-refractivity contribution is 7.16. The van der Waals surface area contributed by atoms with Gasteiger partial charge in [-0.15, -0.1) is 11.3 Å². The summed E-state index contributed by atoms with van der Waals surface area (Å²) in [4.78, 5) is 9.70. The molecule has 0 fully saturated rings. The van der Waals surface area contributed by atoms with Crippen LogP contribution in [0, 0.1) is 0 Å². The second kappa shape index (κ2) is 4.85. The smallest absolute Gasteiger partial charge is 0.142 e. The molecule has 1 aromatic carbocycles. The molecule has 0 aliphatic carbocycles. The Morgan fingerprint density at radius 2 is 2.20 bits per heavy atom. The van der Waals surface area contributed by atoms with E-state index in [4.69, 9.17) is 0 Å². The normalized spacial score (nSPS) is 14.2. The third-order valence-electron chi connectivity index (χ3n) is 3.66. The second-order valence-electron chi connectivity index (χ2n) is 4.86. The number of fused-ring (bicyclic) bond motifs is 2. The Morgan fingerprint density at radius 1 is 1.20 bits per heavy atom. The molecule has 2 aromatic heterocycles. The van der Waals surface area contributed by atoms with Crippen LogP contribution in [0.5, 0.6) is 0 Å². The predicted octanol–water partition coefficient (Wildman–Crippen LogP) is 3.08. The second-order valence-corrected chi connectivity index (χ2v) is 5.75. The topological polar surface area (TPSA) is 49.8 Å². The third-order valence-corrected chi connectivity index (χ3v) is 4.48. The SMILES string of the molecule is c1cc2c(c(Nc3ncnc4sccc34)c1)CCNC2. The number of nitrogens with one attached hydrogen (secondary N) is 2. The van der Waals surface area contributed by atoms with E-state index in [0.29, 0.717) is 0 Å². The Kier molecular flexibility index (Phi) is 2.86. The number of hydrogen-bond acceptors (Lipinski definition) is 5. The van der Waals surface area contributed by atoms with Gasteiger partial charge < -0.3 is 10.6 Å². The lowest BCUT2D eigenvalue weighted by atomic mass is 9.99. The summed E-state index contributed by atoms with van der Waals surface area (Å²) in [5.74, 6) is 0.892. The molecule has 1 aliphatic heterocycles. The molecule has 4 nitrogen and oxygen atoms in total. The first-order valence-electron chi connectivity index (χ1n) is 6.68. The quantitative estimate of drug-likeness (QED) is 0.758. The Balaban J connectivity index is 1.78.